The smallest absolute Gasteiger partial charge is 0.245 e. The molecular weight excluding hydrogens is 328 g/mol. The fourth-order valence-electron chi connectivity index (χ4n) is 3.28. The van der Waals surface area contributed by atoms with Crippen molar-refractivity contribution >= 4 is 17.5 Å². The lowest BCUT2D eigenvalue weighted by Crippen LogP contribution is -2.46. The third-order valence-corrected chi connectivity index (χ3v) is 4.80. The van der Waals surface area contributed by atoms with Gasteiger partial charge in [-0.3, -0.25) is 14.5 Å². The summed E-state index contributed by atoms with van der Waals surface area (Å²) < 4.78 is 5.16. The van der Waals surface area contributed by atoms with Crippen molar-refractivity contribution in [3.05, 3.63) is 60.2 Å². The standard InChI is InChI=1S/C21H24N2O3/c1-22(15-14-16-8-10-18(26-2)11-9-16)21(25)19-12-13-20(24)23(19)17-6-4-3-5-7-17/h3-11,19H,12-15H2,1-2H3. The molecule has 0 spiro atoms. The first-order valence-electron chi connectivity index (χ1n) is 8.85. The van der Waals surface area contributed by atoms with E-state index in [1.165, 1.54) is 0 Å². The van der Waals surface area contributed by atoms with Crippen LogP contribution in [-0.2, 0) is 16.0 Å². The SMILES string of the molecule is COc1ccc(CCN(C)C(=O)C2CCC(=O)N2c2ccccc2)cc1. The molecule has 3 rings (SSSR count). The Bertz CT molecular complexity index is 759. The first-order valence-corrected chi connectivity index (χ1v) is 8.85. The number of carbonyl (C=O) groups is 2. The number of hydrogen-bond acceptors (Lipinski definition) is 3. The van der Waals surface area contributed by atoms with E-state index in [1.807, 2.05) is 54.6 Å². The van der Waals surface area contributed by atoms with Gasteiger partial charge in [0.1, 0.15) is 11.8 Å². The van der Waals surface area contributed by atoms with Crippen molar-refractivity contribution in [3.8, 4) is 5.75 Å². The predicted molar refractivity (Wildman–Crippen MR) is 101 cm³/mol. The molecule has 0 saturated carbocycles. The Morgan fingerprint density at radius 3 is 2.50 bits per heavy atom. The average molecular weight is 352 g/mol. The highest BCUT2D eigenvalue weighted by molar-refractivity contribution is 6.03. The number of ether oxygens (including phenoxy) is 1. The van der Waals surface area contributed by atoms with Gasteiger partial charge in [-0.1, -0.05) is 30.3 Å². The van der Waals surface area contributed by atoms with Gasteiger partial charge in [0.2, 0.25) is 11.8 Å². The van der Waals surface area contributed by atoms with Crippen LogP contribution in [0.4, 0.5) is 5.69 Å². The Hall–Kier alpha value is -2.82. The number of para-hydroxylation sites is 1. The van der Waals surface area contributed by atoms with E-state index in [1.54, 1.807) is 24.0 Å². The molecule has 26 heavy (non-hydrogen) atoms. The van der Waals surface area contributed by atoms with E-state index in [0.717, 1.165) is 23.4 Å². The number of rotatable bonds is 6. The highest BCUT2D eigenvalue weighted by Gasteiger charge is 2.38. The van der Waals surface area contributed by atoms with Gasteiger partial charge in [0.25, 0.3) is 0 Å². The molecule has 2 amide bonds. The molecule has 5 heteroatoms. The van der Waals surface area contributed by atoms with Gasteiger partial charge in [-0.2, -0.15) is 0 Å². The largest absolute Gasteiger partial charge is 0.497 e. The van der Waals surface area contributed by atoms with E-state index in [0.29, 0.717) is 19.4 Å². The summed E-state index contributed by atoms with van der Waals surface area (Å²) >= 11 is 0. The zero-order valence-electron chi connectivity index (χ0n) is 15.2. The van der Waals surface area contributed by atoms with Gasteiger partial charge in [-0.05, 0) is 42.7 Å². The minimum Gasteiger partial charge on any atom is -0.497 e. The molecule has 0 aliphatic carbocycles. The fraction of sp³-hybridized carbons (Fsp3) is 0.333. The molecule has 5 nitrogen and oxygen atoms in total. The maximum atomic E-state index is 12.9. The summed E-state index contributed by atoms with van der Waals surface area (Å²) in [4.78, 5) is 28.6. The predicted octanol–water partition coefficient (Wildman–Crippen LogP) is 2.89. The monoisotopic (exact) mass is 352 g/mol. The Morgan fingerprint density at radius 1 is 1.15 bits per heavy atom. The number of amides is 2. The minimum atomic E-state index is -0.411. The fourth-order valence-corrected chi connectivity index (χ4v) is 3.28. The normalized spacial score (nSPS) is 16.6. The second-order valence-electron chi connectivity index (χ2n) is 6.51. The third kappa shape index (κ3) is 3.87. The first-order chi connectivity index (χ1) is 12.6. The van der Waals surface area contributed by atoms with Crippen LogP contribution in [0.1, 0.15) is 18.4 Å². The Kier molecular flexibility index (Phi) is 5.56. The van der Waals surface area contributed by atoms with Crippen LogP contribution >= 0.6 is 0 Å². The zero-order chi connectivity index (χ0) is 18.5. The molecule has 1 unspecified atom stereocenters. The van der Waals surface area contributed by atoms with Gasteiger partial charge >= 0.3 is 0 Å². The zero-order valence-corrected chi connectivity index (χ0v) is 15.2. The number of likely N-dealkylation sites (N-methyl/N-ethyl adjacent to an activating group) is 1. The highest BCUT2D eigenvalue weighted by atomic mass is 16.5. The molecule has 0 bridgehead atoms. The summed E-state index contributed by atoms with van der Waals surface area (Å²) in [6, 6.07) is 16.9. The number of anilines is 1. The molecular formula is C21H24N2O3. The van der Waals surface area contributed by atoms with Crippen molar-refractivity contribution in [2.24, 2.45) is 0 Å². The number of carbonyl (C=O) groups excluding carboxylic acids is 2. The van der Waals surface area contributed by atoms with Crippen LogP contribution in [0.3, 0.4) is 0 Å². The summed E-state index contributed by atoms with van der Waals surface area (Å²) in [7, 11) is 3.45. The van der Waals surface area contributed by atoms with Gasteiger partial charge < -0.3 is 9.64 Å². The van der Waals surface area contributed by atoms with Crippen molar-refractivity contribution in [1.82, 2.24) is 4.90 Å². The summed E-state index contributed by atoms with van der Waals surface area (Å²) in [6.45, 7) is 0.610. The maximum Gasteiger partial charge on any atom is 0.245 e. The van der Waals surface area contributed by atoms with Crippen molar-refractivity contribution in [1.29, 1.82) is 0 Å². The molecule has 1 heterocycles. The highest BCUT2D eigenvalue weighted by Crippen LogP contribution is 2.27. The molecule has 1 aliphatic heterocycles. The Balaban J connectivity index is 1.64. The number of benzene rings is 2. The molecule has 0 N–H and O–H groups in total. The van der Waals surface area contributed by atoms with E-state index >= 15 is 0 Å². The Labute approximate surface area is 154 Å². The van der Waals surface area contributed by atoms with Crippen LogP contribution in [0, 0.1) is 0 Å². The molecule has 1 saturated heterocycles. The molecule has 1 aliphatic rings. The first kappa shape index (κ1) is 18.0. The minimum absolute atomic E-state index is 0.00628. The summed E-state index contributed by atoms with van der Waals surface area (Å²) in [5, 5.41) is 0. The van der Waals surface area contributed by atoms with Gasteiger partial charge in [0.05, 0.1) is 7.11 Å². The van der Waals surface area contributed by atoms with E-state index in [4.69, 9.17) is 4.74 Å². The van der Waals surface area contributed by atoms with Crippen molar-refractivity contribution in [3.63, 3.8) is 0 Å². The molecule has 136 valence electrons. The van der Waals surface area contributed by atoms with Crippen molar-refractivity contribution in [2.75, 3.05) is 25.6 Å². The second-order valence-corrected chi connectivity index (χ2v) is 6.51. The maximum absolute atomic E-state index is 12.9. The molecule has 0 aromatic heterocycles. The van der Waals surface area contributed by atoms with Crippen molar-refractivity contribution in [2.45, 2.75) is 25.3 Å². The van der Waals surface area contributed by atoms with Crippen LogP contribution in [0.25, 0.3) is 0 Å². The van der Waals surface area contributed by atoms with Crippen LogP contribution < -0.4 is 9.64 Å². The topological polar surface area (TPSA) is 49.9 Å². The number of nitrogens with zero attached hydrogens (tertiary/aromatic N) is 2. The summed E-state index contributed by atoms with van der Waals surface area (Å²) in [5.41, 5.74) is 1.93. The number of methoxy groups -OCH3 is 1. The van der Waals surface area contributed by atoms with Gasteiger partial charge in [-0.25, -0.2) is 0 Å². The van der Waals surface area contributed by atoms with E-state index in [2.05, 4.69) is 0 Å². The summed E-state index contributed by atoms with van der Waals surface area (Å²) in [5.74, 6) is 0.826. The van der Waals surface area contributed by atoms with E-state index < -0.39 is 6.04 Å². The number of hydrogen-bond donors (Lipinski definition) is 0. The lowest BCUT2D eigenvalue weighted by Gasteiger charge is -2.28. The lowest BCUT2D eigenvalue weighted by molar-refractivity contribution is -0.131. The van der Waals surface area contributed by atoms with Crippen LogP contribution in [0.5, 0.6) is 5.75 Å². The molecule has 1 fully saturated rings. The summed E-state index contributed by atoms with van der Waals surface area (Å²) in [6.07, 6.45) is 1.75. The third-order valence-electron chi connectivity index (χ3n) is 4.80. The Morgan fingerprint density at radius 2 is 1.85 bits per heavy atom. The van der Waals surface area contributed by atoms with Crippen LogP contribution in [0.2, 0.25) is 0 Å². The molecule has 2 aromatic rings. The van der Waals surface area contributed by atoms with Crippen LogP contribution in [-0.4, -0.2) is 43.5 Å². The van der Waals surface area contributed by atoms with E-state index in [9.17, 15) is 9.59 Å². The van der Waals surface area contributed by atoms with E-state index in [-0.39, 0.29) is 11.8 Å². The van der Waals surface area contributed by atoms with Crippen LogP contribution in [0.15, 0.2) is 54.6 Å². The average Bonchev–Trinajstić information content (AvgIpc) is 3.08. The van der Waals surface area contributed by atoms with Gasteiger partial charge in [-0.15, -0.1) is 0 Å². The lowest BCUT2D eigenvalue weighted by atomic mass is 10.1. The quantitative estimate of drug-likeness (QED) is 0.803. The molecule has 2 aromatic carbocycles. The van der Waals surface area contributed by atoms with Gasteiger partial charge in [0, 0.05) is 25.7 Å². The molecule has 1 atom stereocenters. The molecule has 0 radical (unpaired) electrons. The van der Waals surface area contributed by atoms with Crippen molar-refractivity contribution < 1.29 is 14.3 Å². The second kappa shape index (κ2) is 8.04. The van der Waals surface area contributed by atoms with Gasteiger partial charge in [0.15, 0.2) is 0 Å².